The molecule has 1 atom stereocenters. The lowest BCUT2D eigenvalue weighted by Crippen LogP contribution is -2.13. The van der Waals surface area contributed by atoms with Crippen molar-refractivity contribution in [3.8, 4) is 0 Å². The van der Waals surface area contributed by atoms with Crippen LogP contribution < -0.4 is 5.73 Å². The summed E-state index contributed by atoms with van der Waals surface area (Å²) in [7, 11) is 0. The third-order valence-electron chi connectivity index (χ3n) is 2.98. The predicted octanol–water partition coefficient (Wildman–Crippen LogP) is 4.02. The largest absolute Gasteiger partial charge is 0.466 e. The van der Waals surface area contributed by atoms with Crippen LogP contribution in [-0.2, 0) is 0 Å². The van der Waals surface area contributed by atoms with Gasteiger partial charge in [0.05, 0.1) is 6.04 Å². The van der Waals surface area contributed by atoms with E-state index in [1.54, 1.807) is 0 Å². The SMILES string of the molecule is Cc1cc(C(N)c2ccc(Br)cc2C)c(C)o1. The van der Waals surface area contributed by atoms with Crippen LogP contribution in [0.5, 0.6) is 0 Å². The Morgan fingerprint density at radius 3 is 2.35 bits per heavy atom. The number of furan rings is 1. The molecule has 2 N–H and O–H groups in total. The van der Waals surface area contributed by atoms with Crippen LogP contribution >= 0.6 is 15.9 Å². The first-order valence-electron chi connectivity index (χ1n) is 5.57. The molecule has 90 valence electrons. The van der Waals surface area contributed by atoms with Gasteiger partial charge in [0.15, 0.2) is 0 Å². The standard InChI is InChI=1S/C14H16BrNO/c1-8-6-11(15)4-5-12(8)14(16)13-7-9(2)17-10(13)3/h4-7,14H,16H2,1-3H3. The van der Waals surface area contributed by atoms with Gasteiger partial charge in [-0.05, 0) is 50.1 Å². The van der Waals surface area contributed by atoms with Gasteiger partial charge >= 0.3 is 0 Å². The lowest BCUT2D eigenvalue weighted by Gasteiger charge is -2.14. The van der Waals surface area contributed by atoms with E-state index in [0.717, 1.165) is 27.1 Å². The molecule has 0 aliphatic rings. The second-order valence-corrected chi connectivity index (χ2v) is 5.26. The van der Waals surface area contributed by atoms with E-state index in [9.17, 15) is 0 Å². The van der Waals surface area contributed by atoms with Gasteiger partial charge in [-0.3, -0.25) is 0 Å². The summed E-state index contributed by atoms with van der Waals surface area (Å²) in [5, 5.41) is 0. The van der Waals surface area contributed by atoms with Gasteiger partial charge in [0.2, 0.25) is 0 Å². The maximum atomic E-state index is 6.31. The van der Waals surface area contributed by atoms with Gasteiger partial charge < -0.3 is 10.2 Å². The zero-order valence-electron chi connectivity index (χ0n) is 10.3. The molecule has 3 heteroatoms. The zero-order valence-corrected chi connectivity index (χ0v) is 11.8. The van der Waals surface area contributed by atoms with Crippen molar-refractivity contribution in [3.05, 3.63) is 56.9 Å². The van der Waals surface area contributed by atoms with Crippen LogP contribution in [0.4, 0.5) is 0 Å². The molecule has 17 heavy (non-hydrogen) atoms. The number of rotatable bonds is 2. The molecule has 0 radical (unpaired) electrons. The van der Waals surface area contributed by atoms with E-state index in [-0.39, 0.29) is 6.04 Å². The Morgan fingerprint density at radius 2 is 1.82 bits per heavy atom. The van der Waals surface area contributed by atoms with Crippen molar-refractivity contribution in [3.63, 3.8) is 0 Å². The molecule has 0 aliphatic heterocycles. The summed E-state index contributed by atoms with van der Waals surface area (Å²) in [6.07, 6.45) is 0. The van der Waals surface area contributed by atoms with Gasteiger partial charge in [-0.25, -0.2) is 0 Å². The minimum Gasteiger partial charge on any atom is -0.466 e. The summed E-state index contributed by atoms with van der Waals surface area (Å²) >= 11 is 3.46. The second-order valence-electron chi connectivity index (χ2n) is 4.35. The van der Waals surface area contributed by atoms with Crippen molar-refractivity contribution in [1.82, 2.24) is 0 Å². The van der Waals surface area contributed by atoms with Crippen LogP contribution in [0, 0.1) is 20.8 Å². The van der Waals surface area contributed by atoms with Crippen molar-refractivity contribution in [2.24, 2.45) is 5.73 Å². The molecule has 0 saturated carbocycles. The van der Waals surface area contributed by atoms with Crippen LogP contribution in [0.2, 0.25) is 0 Å². The quantitative estimate of drug-likeness (QED) is 0.908. The highest BCUT2D eigenvalue weighted by molar-refractivity contribution is 9.10. The van der Waals surface area contributed by atoms with E-state index in [1.165, 1.54) is 5.56 Å². The molecule has 2 rings (SSSR count). The average Bonchev–Trinajstić information content (AvgIpc) is 2.57. The maximum Gasteiger partial charge on any atom is 0.106 e. The molecule has 0 amide bonds. The van der Waals surface area contributed by atoms with E-state index in [2.05, 4.69) is 35.0 Å². The lowest BCUT2D eigenvalue weighted by molar-refractivity contribution is 0.499. The van der Waals surface area contributed by atoms with Crippen molar-refractivity contribution in [1.29, 1.82) is 0 Å². The number of benzene rings is 1. The molecule has 1 unspecified atom stereocenters. The molecule has 2 aromatic rings. The molecule has 0 aliphatic carbocycles. The first kappa shape index (κ1) is 12.4. The minimum absolute atomic E-state index is 0.124. The number of aryl methyl sites for hydroxylation is 3. The number of nitrogens with two attached hydrogens (primary N) is 1. The fourth-order valence-electron chi connectivity index (χ4n) is 2.11. The molecule has 2 nitrogen and oxygen atoms in total. The first-order valence-corrected chi connectivity index (χ1v) is 6.37. The van der Waals surface area contributed by atoms with Crippen LogP contribution in [0.3, 0.4) is 0 Å². The summed E-state index contributed by atoms with van der Waals surface area (Å²) < 4.78 is 6.61. The molecular formula is C14H16BrNO. The first-order chi connectivity index (χ1) is 7.99. The van der Waals surface area contributed by atoms with Crippen LogP contribution in [0.15, 0.2) is 33.2 Å². The summed E-state index contributed by atoms with van der Waals surface area (Å²) in [5.74, 6) is 1.81. The number of hydrogen-bond donors (Lipinski definition) is 1. The lowest BCUT2D eigenvalue weighted by atomic mass is 9.96. The molecule has 1 aromatic carbocycles. The maximum absolute atomic E-state index is 6.31. The zero-order chi connectivity index (χ0) is 12.6. The van der Waals surface area contributed by atoms with Crippen LogP contribution in [0.25, 0.3) is 0 Å². The Morgan fingerprint density at radius 1 is 1.12 bits per heavy atom. The Balaban J connectivity index is 2.43. The van der Waals surface area contributed by atoms with Gasteiger partial charge in [-0.1, -0.05) is 22.0 Å². The van der Waals surface area contributed by atoms with Gasteiger partial charge in [-0.15, -0.1) is 0 Å². The Labute approximate surface area is 110 Å². The highest BCUT2D eigenvalue weighted by atomic mass is 79.9. The fourth-order valence-corrected chi connectivity index (χ4v) is 2.59. The summed E-state index contributed by atoms with van der Waals surface area (Å²) in [5.41, 5.74) is 9.69. The fraction of sp³-hybridized carbons (Fsp3) is 0.286. The second kappa shape index (κ2) is 4.67. The number of halogens is 1. The Hall–Kier alpha value is -1.06. The van der Waals surface area contributed by atoms with Crippen LogP contribution in [0.1, 0.15) is 34.3 Å². The summed E-state index contributed by atoms with van der Waals surface area (Å²) in [4.78, 5) is 0. The van der Waals surface area contributed by atoms with Gasteiger partial charge in [-0.2, -0.15) is 0 Å². The van der Waals surface area contributed by atoms with E-state index in [4.69, 9.17) is 10.2 Å². The minimum atomic E-state index is -0.124. The van der Waals surface area contributed by atoms with Crippen LogP contribution in [-0.4, -0.2) is 0 Å². The highest BCUT2D eigenvalue weighted by Gasteiger charge is 2.16. The van der Waals surface area contributed by atoms with Crippen molar-refractivity contribution < 1.29 is 4.42 Å². The predicted molar refractivity (Wildman–Crippen MR) is 73.1 cm³/mol. The molecule has 1 heterocycles. The molecule has 0 saturated heterocycles. The Kier molecular flexibility index (Phi) is 3.40. The summed E-state index contributed by atoms with van der Waals surface area (Å²) in [6, 6.07) is 8.05. The molecular weight excluding hydrogens is 278 g/mol. The Bertz CT molecular complexity index is 545. The molecule has 0 bridgehead atoms. The van der Waals surface area contributed by atoms with Gasteiger partial charge in [0.25, 0.3) is 0 Å². The number of hydrogen-bond acceptors (Lipinski definition) is 2. The summed E-state index contributed by atoms with van der Waals surface area (Å²) in [6.45, 7) is 5.97. The van der Waals surface area contributed by atoms with E-state index >= 15 is 0 Å². The van der Waals surface area contributed by atoms with Gasteiger partial charge in [0.1, 0.15) is 11.5 Å². The third kappa shape index (κ3) is 2.45. The van der Waals surface area contributed by atoms with E-state index in [1.807, 2.05) is 26.0 Å². The highest BCUT2D eigenvalue weighted by Crippen LogP contribution is 2.28. The van der Waals surface area contributed by atoms with Crippen molar-refractivity contribution >= 4 is 15.9 Å². The van der Waals surface area contributed by atoms with Gasteiger partial charge in [0, 0.05) is 10.0 Å². The van der Waals surface area contributed by atoms with Crippen molar-refractivity contribution in [2.45, 2.75) is 26.8 Å². The third-order valence-corrected chi connectivity index (χ3v) is 3.47. The normalized spacial score (nSPS) is 12.8. The molecule has 1 aromatic heterocycles. The topological polar surface area (TPSA) is 39.2 Å². The average molecular weight is 294 g/mol. The van der Waals surface area contributed by atoms with E-state index < -0.39 is 0 Å². The molecule has 0 spiro atoms. The van der Waals surface area contributed by atoms with Crippen molar-refractivity contribution in [2.75, 3.05) is 0 Å². The molecule has 0 fully saturated rings. The smallest absolute Gasteiger partial charge is 0.106 e. The monoisotopic (exact) mass is 293 g/mol. The van der Waals surface area contributed by atoms with E-state index in [0.29, 0.717) is 0 Å².